The predicted octanol–water partition coefficient (Wildman–Crippen LogP) is 2.46. The largest absolute Gasteiger partial charge is 0.322 e. The number of sulfone groups is 1. The highest BCUT2D eigenvalue weighted by molar-refractivity contribution is 7.90. The fourth-order valence-corrected chi connectivity index (χ4v) is 3.39. The van der Waals surface area contributed by atoms with Gasteiger partial charge >= 0.3 is 0 Å². The summed E-state index contributed by atoms with van der Waals surface area (Å²) in [6, 6.07) is 14.6. The SMILES string of the molecule is CS(=O)(=O)c1cc(C(=O)Nc2ccc(Cn3ccccc3=O)cc2)cc([N+](=O)[O-])c1. The van der Waals surface area contributed by atoms with Gasteiger partial charge in [-0.05, 0) is 29.8 Å². The van der Waals surface area contributed by atoms with Crippen LogP contribution in [-0.4, -0.2) is 30.1 Å². The molecule has 0 saturated heterocycles. The third-order valence-electron chi connectivity index (χ3n) is 4.26. The maximum atomic E-state index is 12.5. The van der Waals surface area contributed by atoms with Gasteiger partial charge in [-0.15, -0.1) is 0 Å². The highest BCUT2D eigenvalue weighted by Gasteiger charge is 2.19. The average Bonchev–Trinajstić information content (AvgIpc) is 2.70. The van der Waals surface area contributed by atoms with Crippen molar-refractivity contribution in [2.24, 2.45) is 0 Å². The molecule has 1 amide bonds. The van der Waals surface area contributed by atoms with Crippen LogP contribution in [0.4, 0.5) is 11.4 Å². The Morgan fingerprint density at radius 2 is 1.80 bits per heavy atom. The smallest absolute Gasteiger partial charge is 0.271 e. The topological polar surface area (TPSA) is 128 Å². The Labute approximate surface area is 171 Å². The van der Waals surface area contributed by atoms with Crippen LogP contribution in [0.15, 0.2) is 76.6 Å². The van der Waals surface area contributed by atoms with Crippen molar-refractivity contribution in [3.05, 3.63) is 98.5 Å². The van der Waals surface area contributed by atoms with Crippen LogP contribution in [0, 0.1) is 10.1 Å². The van der Waals surface area contributed by atoms with Crippen molar-refractivity contribution in [3.63, 3.8) is 0 Å². The van der Waals surface area contributed by atoms with E-state index in [9.17, 15) is 28.1 Å². The van der Waals surface area contributed by atoms with Gasteiger partial charge in [-0.25, -0.2) is 8.42 Å². The fourth-order valence-electron chi connectivity index (χ4n) is 2.72. The molecule has 1 aromatic heterocycles. The zero-order valence-corrected chi connectivity index (χ0v) is 16.6. The monoisotopic (exact) mass is 427 g/mol. The molecule has 3 aromatic rings. The molecular weight excluding hydrogens is 410 g/mol. The second-order valence-electron chi connectivity index (χ2n) is 6.56. The van der Waals surface area contributed by atoms with E-state index in [0.29, 0.717) is 12.2 Å². The highest BCUT2D eigenvalue weighted by atomic mass is 32.2. The Morgan fingerprint density at radius 1 is 1.10 bits per heavy atom. The van der Waals surface area contributed by atoms with E-state index in [2.05, 4.69) is 5.32 Å². The second-order valence-corrected chi connectivity index (χ2v) is 8.58. The van der Waals surface area contributed by atoms with Crippen molar-refractivity contribution in [3.8, 4) is 0 Å². The van der Waals surface area contributed by atoms with Gasteiger partial charge < -0.3 is 9.88 Å². The van der Waals surface area contributed by atoms with Crippen LogP contribution in [-0.2, 0) is 16.4 Å². The number of amides is 1. The average molecular weight is 427 g/mol. The summed E-state index contributed by atoms with van der Waals surface area (Å²) in [5.74, 6) is -0.685. The van der Waals surface area contributed by atoms with Crippen LogP contribution >= 0.6 is 0 Å². The minimum absolute atomic E-state index is 0.137. The Bertz CT molecular complexity index is 1280. The van der Waals surface area contributed by atoms with Gasteiger partial charge in [0.15, 0.2) is 9.84 Å². The maximum Gasteiger partial charge on any atom is 0.271 e. The molecule has 0 aliphatic heterocycles. The lowest BCUT2D eigenvalue weighted by atomic mass is 10.1. The number of benzene rings is 2. The molecule has 9 nitrogen and oxygen atoms in total. The van der Waals surface area contributed by atoms with Crippen molar-refractivity contribution >= 4 is 27.1 Å². The Hall–Kier alpha value is -3.79. The summed E-state index contributed by atoms with van der Waals surface area (Å²) >= 11 is 0. The first kappa shape index (κ1) is 20.9. The number of rotatable bonds is 6. The van der Waals surface area contributed by atoms with Crippen molar-refractivity contribution in [1.82, 2.24) is 4.57 Å². The van der Waals surface area contributed by atoms with Crippen molar-refractivity contribution < 1.29 is 18.1 Å². The minimum atomic E-state index is -3.74. The standard InChI is InChI=1S/C20H17N3O6S/c1-30(28,29)18-11-15(10-17(12-18)23(26)27)20(25)21-16-7-5-14(6-8-16)13-22-9-3-2-4-19(22)24/h2-12H,13H2,1H3,(H,21,25). The molecule has 0 atom stereocenters. The Kier molecular flexibility index (Phi) is 5.79. The van der Waals surface area contributed by atoms with Gasteiger partial charge in [-0.3, -0.25) is 19.7 Å². The van der Waals surface area contributed by atoms with Crippen LogP contribution in [0.25, 0.3) is 0 Å². The predicted molar refractivity (Wildman–Crippen MR) is 110 cm³/mol. The minimum Gasteiger partial charge on any atom is -0.322 e. The fraction of sp³-hybridized carbons (Fsp3) is 0.100. The molecule has 2 aromatic carbocycles. The van der Waals surface area contributed by atoms with Gasteiger partial charge in [-0.2, -0.15) is 0 Å². The number of hydrogen-bond acceptors (Lipinski definition) is 6. The van der Waals surface area contributed by atoms with Gasteiger partial charge in [0.2, 0.25) is 0 Å². The lowest BCUT2D eigenvalue weighted by Gasteiger charge is -2.09. The summed E-state index contributed by atoms with van der Waals surface area (Å²) < 4.78 is 25.1. The first-order valence-corrected chi connectivity index (χ1v) is 10.6. The summed E-state index contributed by atoms with van der Waals surface area (Å²) in [5.41, 5.74) is 0.464. The summed E-state index contributed by atoms with van der Waals surface area (Å²) in [5, 5.41) is 13.7. The molecule has 30 heavy (non-hydrogen) atoms. The quantitative estimate of drug-likeness (QED) is 0.475. The Balaban J connectivity index is 1.81. The molecule has 154 valence electrons. The van der Waals surface area contributed by atoms with Crippen LogP contribution in [0.2, 0.25) is 0 Å². The van der Waals surface area contributed by atoms with Gasteiger partial charge in [0.05, 0.1) is 16.4 Å². The summed E-state index contributed by atoms with van der Waals surface area (Å²) in [6.07, 6.45) is 2.57. The van der Waals surface area contributed by atoms with E-state index in [1.54, 1.807) is 42.6 Å². The van der Waals surface area contributed by atoms with Crippen LogP contribution in [0.5, 0.6) is 0 Å². The van der Waals surface area contributed by atoms with Gasteiger partial charge in [-0.1, -0.05) is 18.2 Å². The zero-order valence-electron chi connectivity index (χ0n) is 15.8. The first-order valence-electron chi connectivity index (χ1n) is 8.69. The van der Waals surface area contributed by atoms with E-state index in [-0.39, 0.29) is 16.0 Å². The molecule has 0 radical (unpaired) electrons. The second kappa shape index (κ2) is 8.29. The van der Waals surface area contributed by atoms with E-state index in [0.717, 1.165) is 30.0 Å². The highest BCUT2D eigenvalue weighted by Crippen LogP contribution is 2.22. The third kappa shape index (κ3) is 4.97. The van der Waals surface area contributed by atoms with Gasteiger partial charge in [0.1, 0.15) is 0 Å². The molecule has 1 heterocycles. The molecule has 0 aliphatic rings. The molecule has 3 rings (SSSR count). The van der Waals surface area contributed by atoms with E-state index in [4.69, 9.17) is 0 Å². The van der Waals surface area contributed by atoms with E-state index >= 15 is 0 Å². The van der Waals surface area contributed by atoms with Crippen LogP contribution in [0.3, 0.4) is 0 Å². The van der Waals surface area contributed by atoms with Crippen LogP contribution < -0.4 is 10.9 Å². The molecule has 0 saturated carbocycles. The summed E-state index contributed by atoms with van der Waals surface area (Å²) in [6.45, 7) is 0.358. The van der Waals surface area contributed by atoms with E-state index in [1.807, 2.05) is 0 Å². The number of nitrogens with one attached hydrogen (secondary N) is 1. The number of nitro groups is 1. The molecule has 10 heteroatoms. The molecule has 0 fully saturated rings. The molecule has 0 spiro atoms. The third-order valence-corrected chi connectivity index (χ3v) is 5.35. The van der Waals surface area contributed by atoms with Crippen LogP contribution in [0.1, 0.15) is 15.9 Å². The van der Waals surface area contributed by atoms with E-state index < -0.39 is 26.4 Å². The Morgan fingerprint density at radius 3 is 2.40 bits per heavy atom. The van der Waals surface area contributed by atoms with Gasteiger partial charge in [0, 0.05) is 41.9 Å². The number of pyridine rings is 1. The number of anilines is 1. The number of carbonyl (C=O) groups excluding carboxylic acids is 1. The molecule has 0 bridgehead atoms. The molecule has 0 unspecified atom stereocenters. The summed E-state index contributed by atoms with van der Waals surface area (Å²) in [7, 11) is -3.74. The molecule has 0 aliphatic carbocycles. The lowest BCUT2D eigenvalue weighted by Crippen LogP contribution is -2.18. The normalized spacial score (nSPS) is 11.1. The number of non-ortho nitro benzene ring substituents is 1. The maximum absolute atomic E-state index is 12.5. The lowest BCUT2D eigenvalue weighted by molar-refractivity contribution is -0.385. The summed E-state index contributed by atoms with van der Waals surface area (Å²) in [4.78, 5) is 34.3. The number of nitrogens with zero attached hydrogens (tertiary/aromatic N) is 2. The molecular formula is C20H17N3O6S. The van der Waals surface area contributed by atoms with Crippen molar-refractivity contribution in [2.75, 3.05) is 11.6 Å². The number of hydrogen-bond donors (Lipinski definition) is 1. The first-order chi connectivity index (χ1) is 14.1. The number of aromatic nitrogens is 1. The molecule has 1 N–H and O–H groups in total. The number of nitro benzene ring substituents is 1. The van der Waals surface area contributed by atoms with E-state index in [1.165, 1.54) is 10.6 Å². The van der Waals surface area contributed by atoms with Gasteiger partial charge in [0.25, 0.3) is 17.2 Å². The van der Waals surface area contributed by atoms with Crippen molar-refractivity contribution in [1.29, 1.82) is 0 Å². The number of carbonyl (C=O) groups is 1. The zero-order chi connectivity index (χ0) is 21.9. The van der Waals surface area contributed by atoms with Crippen molar-refractivity contribution in [2.45, 2.75) is 11.4 Å².